The maximum atomic E-state index is 12.6. The van der Waals surface area contributed by atoms with E-state index >= 15 is 0 Å². The second kappa shape index (κ2) is 5.88. The van der Waals surface area contributed by atoms with Crippen molar-refractivity contribution in [2.24, 2.45) is 0 Å². The van der Waals surface area contributed by atoms with Crippen LogP contribution in [0.1, 0.15) is 22.8 Å². The molecule has 0 atom stereocenters. The normalized spacial score (nSPS) is 10.7. The maximum Gasteiger partial charge on any atom is 0.228 e. The molecule has 1 heterocycles. The van der Waals surface area contributed by atoms with E-state index in [1.165, 1.54) is 5.56 Å². The minimum Gasteiger partial charge on any atom is -0.287 e. The molecule has 0 aliphatic heterocycles. The van der Waals surface area contributed by atoms with Crippen molar-refractivity contribution in [2.75, 3.05) is 0 Å². The average molecular weight is 276 g/mol. The molecule has 0 N–H and O–H groups in total. The van der Waals surface area contributed by atoms with Gasteiger partial charge in [0.1, 0.15) is 0 Å². The predicted molar refractivity (Wildman–Crippen MR) is 84.3 cm³/mol. The van der Waals surface area contributed by atoms with E-state index in [9.17, 15) is 4.79 Å². The zero-order chi connectivity index (χ0) is 14.7. The quantitative estimate of drug-likeness (QED) is 0.527. The second-order valence-corrected chi connectivity index (χ2v) is 5.19. The van der Waals surface area contributed by atoms with Gasteiger partial charge >= 0.3 is 0 Å². The van der Waals surface area contributed by atoms with Crippen molar-refractivity contribution in [3.05, 3.63) is 78.1 Å². The van der Waals surface area contributed by atoms with E-state index in [1.54, 1.807) is 0 Å². The number of nitrogens with zero attached hydrogens (tertiary/aromatic N) is 1. The highest BCUT2D eigenvalue weighted by atomic mass is 16.1. The summed E-state index contributed by atoms with van der Waals surface area (Å²) in [7, 11) is 0. The van der Waals surface area contributed by atoms with Crippen molar-refractivity contribution in [1.29, 1.82) is 0 Å². The van der Waals surface area contributed by atoms with Crippen molar-refractivity contribution in [3.8, 4) is 0 Å². The van der Waals surface area contributed by atoms with Crippen molar-refractivity contribution in [1.82, 2.24) is 0 Å². The fraction of sp³-hybridized carbons (Fsp3) is 0.158. The molecule has 0 bridgehead atoms. The molecule has 0 amide bonds. The van der Waals surface area contributed by atoms with Crippen molar-refractivity contribution < 1.29 is 9.36 Å². The first-order valence-corrected chi connectivity index (χ1v) is 7.27. The molecule has 0 radical (unpaired) electrons. The van der Waals surface area contributed by atoms with Crippen LogP contribution in [-0.4, -0.2) is 5.78 Å². The Hall–Kier alpha value is -2.48. The number of rotatable bonds is 4. The van der Waals surface area contributed by atoms with Gasteiger partial charge in [-0.05, 0) is 22.8 Å². The van der Waals surface area contributed by atoms with Crippen molar-refractivity contribution in [2.45, 2.75) is 19.9 Å². The molecule has 0 aliphatic rings. The molecular weight excluding hydrogens is 258 g/mol. The van der Waals surface area contributed by atoms with Crippen molar-refractivity contribution >= 4 is 16.6 Å². The van der Waals surface area contributed by atoms with Gasteiger partial charge in [-0.3, -0.25) is 4.79 Å². The number of aromatic nitrogens is 1. The highest BCUT2D eigenvalue weighted by Crippen LogP contribution is 2.21. The summed E-state index contributed by atoms with van der Waals surface area (Å²) in [6.45, 7) is 2.50. The highest BCUT2D eigenvalue weighted by Gasteiger charge is 2.14. The zero-order valence-electron chi connectivity index (χ0n) is 12.1. The molecule has 3 aromatic rings. The van der Waals surface area contributed by atoms with E-state index in [4.69, 9.17) is 0 Å². The number of carbonyl (C=O) groups is 1. The van der Waals surface area contributed by atoms with Crippen LogP contribution in [0.5, 0.6) is 0 Å². The molecule has 21 heavy (non-hydrogen) atoms. The van der Waals surface area contributed by atoms with Crippen LogP contribution in [-0.2, 0) is 13.0 Å². The summed E-state index contributed by atoms with van der Waals surface area (Å²) >= 11 is 0. The fourth-order valence-electron chi connectivity index (χ4n) is 2.57. The highest BCUT2D eigenvalue weighted by molar-refractivity contribution is 6.07. The van der Waals surface area contributed by atoms with Gasteiger partial charge in [0, 0.05) is 17.7 Å². The Labute approximate surface area is 124 Å². The summed E-state index contributed by atoms with van der Waals surface area (Å²) in [4.78, 5) is 12.6. The Morgan fingerprint density at radius 3 is 2.57 bits per heavy atom. The van der Waals surface area contributed by atoms with Gasteiger partial charge < -0.3 is 0 Å². The zero-order valence-corrected chi connectivity index (χ0v) is 12.1. The minimum absolute atomic E-state index is 0.144. The average Bonchev–Trinajstić information content (AvgIpc) is 2.54. The molecule has 2 nitrogen and oxygen atoms in total. The number of hydrogen-bond acceptors (Lipinski definition) is 1. The van der Waals surface area contributed by atoms with E-state index in [2.05, 4.69) is 31.2 Å². The molecule has 1 aromatic heterocycles. The van der Waals surface area contributed by atoms with Crippen LogP contribution in [0, 0.1) is 0 Å². The van der Waals surface area contributed by atoms with Gasteiger partial charge in [-0.15, -0.1) is 0 Å². The van der Waals surface area contributed by atoms with Gasteiger partial charge in [0.15, 0.2) is 12.4 Å². The van der Waals surface area contributed by atoms with Crippen LogP contribution in [0.3, 0.4) is 0 Å². The first-order chi connectivity index (χ1) is 10.3. The Bertz CT molecular complexity index is 778. The lowest BCUT2D eigenvalue weighted by Crippen LogP contribution is -2.36. The van der Waals surface area contributed by atoms with E-state index in [1.807, 2.05) is 47.3 Å². The van der Waals surface area contributed by atoms with Crippen LogP contribution >= 0.6 is 0 Å². The number of fused-ring (bicyclic) bond motifs is 1. The van der Waals surface area contributed by atoms with Gasteiger partial charge in [0.2, 0.25) is 12.3 Å². The molecule has 2 aromatic carbocycles. The molecule has 0 saturated heterocycles. The molecule has 104 valence electrons. The van der Waals surface area contributed by atoms with Crippen LogP contribution in [0.25, 0.3) is 10.8 Å². The summed E-state index contributed by atoms with van der Waals surface area (Å²) in [6.07, 6.45) is 4.81. The molecule has 0 fully saturated rings. The van der Waals surface area contributed by atoms with Gasteiger partial charge in [-0.2, -0.15) is 4.57 Å². The molecule has 3 rings (SSSR count). The number of Topliss-reactive ketones (excluding diaryl/α,β-unsaturated/α-hetero) is 1. The summed E-state index contributed by atoms with van der Waals surface area (Å²) < 4.78 is 1.91. The Morgan fingerprint density at radius 2 is 1.81 bits per heavy atom. The number of carbonyl (C=O) groups excluding carboxylic acids is 1. The monoisotopic (exact) mass is 276 g/mol. The smallest absolute Gasteiger partial charge is 0.228 e. The fourth-order valence-corrected chi connectivity index (χ4v) is 2.57. The minimum atomic E-state index is 0.144. The summed E-state index contributed by atoms with van der Waals surface area (Å²) in [5, 5.41) is 2.18. The third kappa shape index (κ3) is 2.84. The molecule has 2 heteroatoms. The van der Waals surface area contributed by atoms with Gasteiger partial charge in [0.25, 0.3) is 0 Å². The standard InChI is InChI=1S/C19H18NO/c1-2-15-9-10-16-7-6-8-17(18(16)13-15)19(21)14-20-11-4-3-5-12-20/h3-13H,2,14H2,1H3/q+1. The van der Waals surface area contributed by atoms with E-state index in [0.29, 0.717) is 6.54 Å². The van der Waals surface area contributed by atoms with Crippen LogP contribution in [0.2, 0.25) is 0 Å². The Kier molecular flexibility index (Phi) is 3.78. The first kappa shape index (κ1) is 13.5. The van der Waals surface area contributed by atoms with Crippen molar-refractivity contribution in [3.63, 3.8) is 0 Å². The molecule has 0 aliphatic carbocycles. The largest absolute Gasteiger partial charge is 0.287 e. The lowest BCUT2D eigenvalue weighted by atomic mass is 9.98. The summed E-state index contributed by atoms with van der Waals surface area (Å²) in [5.74, 6) is 0.144. The van der Waals surface area contributed by atoms with Crippen LogP contribution in [0.15, 0.2) is 67.0 Å². The lowest BCUT2D eigenvalue weighted by Gasteiger charge is -2.06. The van der Waals surface area contributed by atoms with E-state index in [0.717, 1.165) is 22.8 Å². The molecule has 0 spiro atoms. The maximum absolute atomic E-state index is 12.6. The SMILES string of the molecule is CCc1ccc2cccc(C(=O)C[n+]3ccccc3)c2c1. The molecule has 0 unspecified atom stereocenters. The number of ketones is 1. The predicted octanol–water partition coefficient (Wildman–Crippen LogP) is 3.57. The van der Waals surface area contributed by atoms with Crippen LogP contribution < -0.4 is 4.57 Å². The molecule has 0 saturated carbocycles. The number of benzene rings is 2. The topological polar surface area (TPSA) is 20.9 Å². The first-order valence-electron chi connectivity index (χ1n) is 7.27. The molecular formula is C19H18NO+. The number of pyridine rings is 1. The third-order valence-corrected chi connectivity index (χ3v) is 3.76. The summed E-state index contributed by atoms with van der Waals surface area (Å²) in [5.41, 5.74) is 2.06. The van der Waals surface area contributed by atoms with Gasteiger partial charge in [0.05, 0.1) is 0 Å². The third-order valence-electron chi connectivity index (χ3n) is 3.76. The second-order valence-electron chi connectivity index (χ2n) is 5.19. The summed E-state index contributed by atoms with van der Waals surface area (Å²) in [6, 6.07) is 18.1. The number of hydrogen-bond donors (Lipinski definition) is 0. The lowest BCUT2D eigenvalue weighted by molar-refractivity contribution is -0.683. The van der Waals surface area contributed by atoms with E-state index < -0.39 is 0 Å². The number of aryl methyl sites for hydroxylation is 1. The Balaban J connectivity index is 2.01. The van der Waals surface area contributed by atoms with E-state index in [-0.39, 0.29) is 5.78 Å². The van der Waals surface area contributed by atoms with Crippen LogP contribution in [0.4, 0.5) is 0 Å². The van der Waals surface area contributed by atoms with Gasteiger partial charge in [-0.25, -0.2) is 0 Å². The van der Waals surface area contributed by atoms with Gasteiger partial charge in [-0.1, -0.05) is 49.4 Å². The Morgan fingerprint density at radius 1 is 1.00 bits per heavy atom.